The Bertz CT molecular complexity index is 601. The van der Waals surface area contributed by atoms with Crippen molar-refractivity contribution in [1.82, 2.24) is 10.6 Å². The number of rotatable bonds is 3. The molecule has 0 radical (unpaired) electrons. The van der Waals surface area contributed by atoms with Crippen LogP contribution in [0.2, 0.25) is 0 Å². The fourth-order valence-electron chi connectivity index (χ4n) is 2.20. The lowest BCUT2D eigenvalue weighted by atomic mass is 10.1. The van der Waals surface area contributed by atoms with Crippen LogP contribution in [0.5, 0.6) is 0 Å². The van der Waals surface area contributed by atoms with Crippen molar-refractivity contribution in [1.29, 1.82) is 0 Å². The summed E-state index contributed by atoms with van der Waals surface area (Å²) >= 11 is 0. The van der Waals surface area contributed by atoms with Crippen LogP contribution in [0.25, 0.3) is 11.0 Å². The summed E-state index contributed by atoms with van der Waals surface area (Å²) in [7, 11) is 0. The van der Waals surface area contributed by atoms with Crippen molar-refractivity contribution in [2.24, 2.45) is 0 Å². The maximum atomic E-state index is 12.0. The molecule has 5 heteroatoms. The number of halogens is 1. The van der Waals surface area contributed by atoms with Crippen LogP contribution in [0.4, 0.5) is 0 Å². The van der Waals surface area contributed by atoms with E-state index in [1.165, 1.54) is 5.57 Å². The number of nitrogens with one attached hydrogen (secondary N) is 2. The van der Waals surface area contributed by atoms with Gasteiger partial charge in [0.1, 0.15) is 5.58 Å². The van der Waals surface area contributed by atoms with E-state index in [2.05, 4.69) is 16.7 Å². The van der Waals surface area contributed by atoms with Gasteiger partial charge in [0.25, 0.3) is 5.91 Å². The fraction of sp³-hybridized carbons (Fsp3) is 0.267. The molecule has 1 aromatic heterocycles. The summed E-state index contributed by atoms with van der Waals surface area (Å²) in [5.74, 6) is 0.214. The third-order valence-electron chi connectivity index (χ3n) is 3.28. The first-order valence-electron chi connectivity index (χ1n) is 6.48. The first-order chi connectivity index (χ1) is 9.33. The van der Waals surface area contributed by atoms with Gasteiger partial charge in [-0.15, -0.1) is 12.4 Å². The smallest absolute Gasteiger partial charge is 0.287 e. The minimum Gasteiger partial charge on any atom is -0.451 e. The van der Waals surface area contributed by atoms with Crippen molar-refractivity contribution >= 4 is 29.3 Å². The Kier molecular flexibility index (Phi) is 4.82. The van der Waals surface area contributed by atoms with Crippen molar-refractivity contribution in [3.8, 4) is 0 Å². The van der Waals surface area contributed by atoms with Gasteiger partial charge in [-0.05, 0) is 25.1 Å². The Balaban J connectivity index is 0.00000147. The van der Waals surface area contributed by atoms with Crippen LogP contribution in [0.15, 0.2) is 46.4 Å². The average molecular weight is 293 g/mol. The zero-order valence-corrected chi connectivity index (χ0v) is 11.8. The predicted octanol–water partition coefficient (Wildman–Crippen LogP) is 2.50. The Hall–Kier alpha value is -1.78. The molecule has 0 fully saturated rings. The van der Waals surface area contributed by atoms with E-state index in [0.717, 1.165) is 30.5 Å². The molecule has 0 saturated heterocycles. The molecule has 2 aromatic rings. The molecule has 1 aliphatic heterocycles. The fourth-order valence-corrected chi connectivity index (χ4v) is 2.20. The highest BCUT2D eigenvalue weighted by molar-refractivity contribution is 5.96. The van der Waals surface area contributed by atoms with Gasteiger partial charge in [0.2, 0.25) is 0 Å². The van der Waals surface area contributed by atoms with E-state index >= 15 is 0 Å². The zero-order valence-electron chi connectivity index (χ0n) is 11.0. The van der Waals surface area contributed by atoms with Crippen molar-refractivity contribution in [3.05, 3.63) is 47.7 Å². The Morgan fingerprint density at radius 2 is 2.20 bits per heavy atom. The van der Waals surface area contributed by atoms with E-state index in [0.29, 0.717) is 12.3 Å². The molecule has 0 atom stereocenters. The topological polar surface area (TPSA) is 54.3 Å². The van der Waals surface area contributed by atoms with Gasteiger partial charge in [0.15, 0.2) is 5.76 Å². The molecule has 0 spiro atoms. The summed E-state index contributed by atoms with van der Waals surface area (Å²) in [6.07, 6.45) is 3.11. The van der Waals surface area contributed by atoms with Crippen molar-refractivity contribution in [3.63, 3.8) is 0 Å². The molecule has 3 rings (SSSR count). The SMILES string of the molecule is Cl.O=C(NCC1=CCNCC1)c1cc2ccccc2o1. The van der Waals surface area contributed by atoms with Crippen molar-refractivity contribution in [2.45, 2.75) is 6.42 Å². The van der Waals surface area contributed by atoms with E-state index in [1.54, 1.807) is 6.07 Å². The molecule has 2 N–H and O–H groups in total. The molecule has 1 aromatic carbocycles. The van der Waals surface area contributed by atoms with Crippen LogP contribution < -0.4 is 10.6 Å². The second kappa shape index (κ2) is 6.59. The summed E-state index contributed by atoms with van der Waals surface area (Å²) in [4.78, 5) is 12.0. The van der Waals surface area contributed by atoms with Crippen LogP contribution in [0.1, 0.15) is 17.0 Å². The number of hydrogen-bond acceptors (Lipinski definition) is 3. The maximum Gasteiger partial charge on any atom is 0.287 e. The lowest BCUT2D eigenvalue weighted by Crippen LogP contribution is -2.29. The van der Waals surface area contributed by atoms with Gasteiger partial charge in [-0.25, -0.2) is 0 Å². The highest BCUT2D eigenvalue weighted by atomic mass is 35.5. The number of amides is 1. The van der Waals surface area contributed by atoms with E-state index in [4.69, 9.17) is 4.42 Å². The lowest BCUT2D eigenvalue weighted by Gasteiger charge is -2.13. The second-order valence-corrected chi connectivity index (χ2v) is 4.65. The quantitative estimate of drug-likeness (QED) is 0.855. The number of carbonyl (C=O) groups is 1. The second-order valence-electron chi connectivity index (χ2n) is 4.65. The van der Waals surface area contributed by atoms with Crippen LogP contribution in [-0.4, -0.2) is 25.5 Å². The number of para-hydroxylation sites is 1. The normalized spacial score (nSPS) is 14.5. The van der Waals surface area contributed by atoms with E-state index in [9.17, 15) is 4.79 Å². The molecule has 106 valence electrons. The predicted molar refractivity (Wildman–Crippen MR) is 81.4 cm³/mol. The van der Waals surface area contributed by atoms with Gasteiger partial charge in [0, 0.05) is 18.5 Å². The average Bonchev–Trinajstić information content (AvgIpc) is 2.90. The Morgan fingerprint density at radius 3 is 2.95 bits per heavy atom. The van der Waals surface area contributed by atoms with Crippen LogP contribution >= 0.6 is 12.4 Å². The molecule has 20 heavy (non-hydrogen) atoms. The number of carbonyl (C=O) groups excluding carboxylic acids is 1. The summed E-state index contributed by atoms with van der Waals surface area (Å²) in [5.41, 5.74) is 2.01. The molecular weight excluding hydrogens is 276 g/mol. The van der Waals surface area contributed by atoms with Gasteiger partial charge in [-0.1, -0.05) is 29.8 Å². The van der Waals surface area contributed by atoms with Gasteiger partial charge in [-0.2, -0.15) is 0 Å². The summed E-state index contributed by atoms with van der Waals surface area (Å²) in [6, 6.07) is 9.40. The van der Waals surface area contributed by atoms with Crippen molar-refractivity contribution < 1.29 is 9.21 Å². The maximum absolute atomic E-state index is 12.0. The largest absolute Gasteiger partial charge is 0.451 e. The molecule has 1 aliphatic rings. The molecule has 0 bridgehead atoms. The Morgan fingerprint density at radius 1 is 1.35 bits per heavy atom. The first-order valence-corrected chi connectivity index (χ1v) is 6.48. The molecule has 2 heterocycles. The van der Waals surface area contributed by atoms with Crippen molar-refractivity contribution in [2.75, 3.05) is 19.6 Å². The van der Waals surface area contributed by atoms with Crippen LogP contribution in [0.3, 0.4) is 0 Å². The molecule has 1 amide bonds. The standard InChI is InChI=1S/C15H16N2O2.ClH/c18-15(17-10-11-5-7-16-8-6-11)14-9-12-3-1-2-4-13(12)19-14;/h1-5,9,16H,6-8,10H2,(H,17,18);1H. The van der Waals surface area contributed by atoms with Gasteiger partial charge < -0.3 is 15.1 Å². The van der Waals surface area contributed by atoms with Crippen LogP contribution in [-0.2, 0) is 0 Å². The van der Waals surface area contributed by atoms with Gasteiger partial charge >= 0.3 is 0 Å². The lowest BCUT2D eigenvalue weighted by molar-refractivity contribution is 0.0931. The third kappa shape index (κ3) is 3.21. The summed E-state index contributed by atoms with van der Waals surface area (Å²) in [6.45, 7) is 2.46. The minimum atomic E-state index is -0.157. The Labute approximate surface area is 123 Å². The minimum absolute atomic E-state index is 0. The van der Waals surface area contributed by atoms with E-state index < -0.39 is 0 Å². The van der Waals surface area contributed by atoms with Crippen LogP contribution in [0, 0.1) is 0 Å². The number of furan rings is 1. The molecule has 0 aliphatic carbocycles. The van der Waals surface area contributed by atoms with Gasteiger partial charge in [0.05, 0.1) is 0 Å². The molecule has 4 nitrogen and oxygen atoms in total. The van der Waals surface area contributed by atoms with Gasteiger partial charge in [-0.3, -0.25) is 4.79 Å². The number of fused-ring (bicyclic) bond motifs is 1. The summed E-state index contributed by atoms with van der Waals surface area (Å²) in [5, 5.41) is 7.10. The monoisotopic (exact) mass is 292 g/mol. The third-order valence-corrected chi connectivity index (χ3v) is 3.28. The summed E-state index contributed by atoms with van der Waals surface area (Å²) < 4.78 is 5.53. The molecular formula is C15H17ClN2O2. The van der Waals surface area contributed by atoms with E-state index in [-0.39, 0.29) is 18.3 Å². The highest BCUT2D eigenvalue weighted by Gasteiger charge is 2.12. The first kappa shape index (κ1) is 14.6. The number of hydrogen-bond donors (Lipinski definition) is 2. The van der Waals surface area contributed by atoms with E-state index in [1.807, 2.05) is 24.3 Å². The number of benzene rings is 1. The molecule has 0 saturated carbocycles. The highest BCUT2D eigenvalue weighted by Crippen LogP contribution is 2.18. The molecule has 0 unspecified atom stereocenters. The zero-order chi connectivity index (χ0) is 13.1.